The Kier molecular flexibility index (Phi) is 7.45. The van der Waals surface area contributed by atoms with E-state index in [2.05, 4.69) is 26.0 Å². The van der Waals surface area contributed by atoms with Crippen LogP contribution in [0.2, 0.25) is 0 Å². The van der Waals surface area contributed by atoms with Crippen LogP contribution in [0.3, 0.4) is 0 Å². The molecule has 0 unspecified atom stereocenters. The van der Waals surface area contributed by atoms with Crippen LogP contribution in [0.5, 0.6) is 0 Å². The lowest BCUT2D eigenvalue weighted by atomic mass is 10.2. The third kappa shape index (κ3) is 6.89. The molecule has 1 aromatic carbocycles. The van der Waals surface area contributed by atoms with Crippen LogP contribution >= 0.6 is 15.9 Å². The van der Waals surface area contributed by atoms with E-state index in [1.807, 2.05) is 0 Å². The Morgan fingerprint density at radius 1 is 1.29 bits per heavy atom. The van der Waals surface area contributed by atoms with Crippen molar-refractivity contribution in [1.29, 1.82) is 0 Å². The molecule has 0 fully saturated rings. The highest BCUT2D eigenvalue weighted by Crippen LogP contribution is 2.12. The lowest BCUT2D eigenvalue weighted by Crippen LogP contribution is -2.29. The average molecular weight is 358 g/mol. The number of esters is 2. The van der Waals surface area contributed by atoms with E-state index in [1.165, 1.54) is 7.11 Å². The summed E-state index contributed by atoms with van der Waals surface area (Å²) >= 11 is 3.25. The molecule has 0 aromatic heterocycles. The van der Waals surface area contributed by atoms with E-state index in [-0.39, 0.29) is 19.0 Å². The molecule has 0 bridgehead atoms. The average Bonchev–Trinajstić information content (AvgIpc) is 2.48. The highest BCUT2D eigenvalue weighted by Gasteiger charge is 2.10. The Bertz CT molecular complexity index is 518. The van der Waals surface area contributed by atoms with Crippen LogP contribution in [0.15, 0.2) is 28.7 Å². The molecule has 21 heavy (non-hydrogen) atoms. The first-order valence-corrected chi connectivity index (χ1v) is 7.08. The Labute approximate surface area is 130 Å². The SMILES string of the molecule is COC(=O)CCCNC(=O)COC(=O)c1cccc(Br)c1. The molecule has 0 radical (unpaired) electrons. The van der Waals surface area contributed by atoms with Crippen molar-refractivity contribution in [2.45, 2.75) is 12.8 Å². The first-order chi connectivity index (χ1) is 10.0. The first-order valence-electron chi connectivity index (χ1n) is 6.29. The van der Waals surface area contributed by atoms with Crippen LogP contribution in [0.25, 0.3) is 0 Å². The van der Waals surface area contributed by atoms with Crippen LogP contribution in [0.1, 0.15) is 23.2 Å². The maximum Gasteiger partial charge on any atom is 0.338 e. The summed E-state index contributed by atoms with van der Waals surface area (Å²) in [5.74, 6) is -1.31. The van der Waals surface area contributed by atoms with E-state index in [4.69, 9.17) is 4.74 Å². The van der Waals surface area contributed by atoms with Gasteiger partial charge in [0, 0.05) is 17.4 Å². The van der Waals surface area contributed by atoms with Gasteiger partial charge in [0.2, 0.25) is 0 Å². The van der Waals surface area contributed by atoms with Crippen molar-refractivity contribution in [1.82, 2.24) is 5.32 Å². The summed E-state index contributed by atoms with van der Waals surface area (Å²) in [7, 11) is 1.31. The van der Waals surface area contributed by atoms with E-state index in [1.54, 1.807) is 24.3 Å². The van der Waals surface area contributed by atoms with Crippen molar-refractivity contribution in [2.24, 2.45) is 0 Å². The van der Waals surface area contributed by atoms with Gasteiger partial charge in [0.25, 0.3) is 5.91 Å². The van der Waals surface area contributed by atoms with Gasteiger partial charge in [-0.2, -0.15) is 0 Å². The Morgan fingerprint density at radius 2 is 2.05 bits per heavy atom. The Hall–Kier alpha value is -1.89. The summed E-state index contributed by atoms with van der Waals surface area (Å²) in [6.45, 7) is -0.0358. The molecule has 7 heteroatoms. The van der Waals surface area contributed by atoms with Gasteiger partial charge in [-0.1, -0.05) is 22.0 Å². The van der Waals surface area contributed by atoms with Gasteiger partial charge in [0.1, 0.15) is 0 Å². The van der Waals surface area contributed by atoms with E-state index in [0.29, 0.717) is 18.5 Å². The summed E-state index contributed by atoms with van der Waals surface area (Å²) in [6.07, 6.45) is 0.701. The van der Waals surface area contributed by atoms with Crippen molar-refractivity contribution in [3.05, 3.63) is 34.3 Å². The Morgan fingerprint density at radius 3 is 2.71 bits per heavy atom. The van der Waals surface area contributed by atoms with Crippen molar-refractivity contribution >= 4 is 33.8 Å². The molecule has 0 aliphatic carbocycles. The quantitative estimate of drug-likeness (QED) is 0.592. The number of hydrogen-bond acceptors (Lipinski definition) is 5. The molecule has 6 nitrogen and oxygen atoms in total. The van der Waals surface area contributed by atoms with Gasteiger partial charge >= 0.3 is 11.9 Å². The zero-order valence-electron chi connectivity index (χ0n) is 11.6. The molecule has 0 heterocycles. The molecule has 0 saturated carbocycles. The minimum absolute atomic E-state index is 0.231. The lowest BCUT2D eigenvalue weighted by Gasteiger charge is -2.06. The van der Waals surface area contributed by atoms with Gasteiger partial charge in [-0.25, -0.2) is 4.79 Å². The number of hydrogen-bond donors (Lipinski definition) is 1. The maximum atomic E-state index is 11.7. The van der Waals surface area contributed by atoms with E-state index in [9.17, 15) is 14.4 Å². The standard InChI is InChI=1S/C14H16BrNO5/c1-20-13(18)6-3-7-16-12(17)9-21-14(19)10-4-2-5-11(15)8-10/h2,4-5,8H,3,6-7,9H2,1H3,(H,16,17). The molecule has 0 aliphatic heterocycles. The number of amides is 1. The molecule has 1 N–H and O–H groups in total. The second-order valence-electron chi connectivity index (χ2n) is 4.12. The summed E-state index contributed by atoms with van der Waals surface area (Å²) in [6, 6.07) is 6.69. The number of nitrogens with one attached hydrogen (secondary N) is 1. The van der Waals surface area contributed by atoms with Gasteiger partial charge in [-0.05, 0) is 24.6 Å². The second-order valence-corrected chi connectivity index (χ2v) is 5.03. The molecule has 1 amide bonds. The molecule has 0 saturated heterocycles. The van der Waals surface area contributed by atoms with Crippen LogP contribution in [-0.4, -0.2) is 38.1 Å². The number of carbonyl (C=O) groups is 3. The zero-order valence-corrected chi connectivity index (χ0v) is 13.1. The van der Waals surface area contributed by atoms with Gasteiger partial charge in [-0.3, -0.25) is 9.59 Å². The number of halogens is 1. The molecule has 0 atom stereocenters. The van der Waals surface area contributed by atoms with E-state index < -0.39 is 11.9 Å². The molecule has 1 aromatic rings. The van der Waals surface area contributed by atoms with Gasteiger partial charge in [-0.15, -0.1) is 0 Å². The third-order valence-electron chi connectivity index (χ3n) is 2.50. The van der Waals surface area contributed by atoms with E-state index >= 15 is 0 Å². The first kappa shape index (κ1) is 17.2. The summed E-state index contributed by atoms with van der Waals surface area (Å²) in [5.41, 5.74) is 0.364. The van der Waals surface area contributed by atoms with Crippen LogP contribution < -0.4 is 5.32 Å². The fraction of sp³-hybridized carbons (Fsp3) is 0.357. The van der Waals surface area contributed by atoms with Crippen LogP contribution in [-0.2, 0) is 19.1 Å². The highest BCUT2D eigenvalue weighted by atomic mass is 79.9. The number of rotatable bonds is 7. The van der Waals surface area contributed by atoms with Gasteiger partial charge in [0.05, 0.1) is 12.7 Å². The predicted molar refractivity (Wildman–Crippen MR) is 78.7 cm³/mol. The van der Waals surface area contributed by atoms with Crippen LogP contribution in [0.4, 0.5) is 0 Å². The smallest absolute Gasteiger partial charge is 0.338 e. The number of ether oxygens (including phenoxy) is 2. The summed E-state index contributed by atoms with van der Waals surface area (Å²) in [4.78, 5) is 34.0. The number of methoxy groups -OCH3 is 1. The fourth-order valence-electron chi connectivity index (χ4n) is 1.44. The lowest BCUT2D eigenvalue weighted by molar-refractivity contribution is -0.140. The molecular weight excluding hydrogens is 342 g/mol. The minimum atomic E-state index is -0.569. The fourth-order valence-corrected chi connectivity index (χ4v) is 1.84. The second kappa shape index (κ2) is 9.12. The zero-order chi connectivity index (χ0) is 15.7. The summed E-state index contributed by atoms with van der Waals surface area (Å²) < 4.78 is 10.1. The predicted octanol–water partition coefficient (Wildman–Crippen LogP) is 1.68. The van der Waals surface area contributed by atoms with E-state index in [0.717, 1.165) is 4.47 Å². The molecular formula is C14H16BrNO5. The van der Waals surface area contributed by atoms with Crippen molar-refractivity contribution in [3.63, 3.8) is 0 Å². The Balaban J connectivity index is 2.24. The number of benzene rings is 1. The molecule has 1 rings (SSSR count). The monoisotopic (exact) mass is 357 g/mol. The number of carbonyl (C=O) groups excluding carboxylic acids is 3. The van der Waals surface area contributed by atoms with Crippen molar-refractivity contribution < 1.29 is 23.9 Å². The maximum absolute atomic E-state index is 11.7. The summed E-state index contributed by atoms with van der Waals surface area (Å²) in [5, 5.41) is 2.55. The van der Waals surface area contributed by atoms with Gasteiger partial charge < -0.3 is 14.8 Å². The van der Waals surface area contributed by atoms with Crippen molar-refractivity contribution in [2.75, 3.05) is 20.3 Å². The van der Waals surface area contributed by atoms with Crippen molar-refractivity contribution in [3.8, 4) is 0 Å². The normalized spacial score (nSPS) is 9.81. The molecule has 114 valence electrons. The topological polar surface area (TPSA) is 81.7 Å². The largest absolute Gasteiger partial charge is 0.469 e. The van der Waals surface area contributed by atoms with Crippen LogP contribution in [0, 0.1) is 0 Å². The minimum Gasteiger partial charge on any atom is -0.469 e. The van der Waals surface area contributed by atoms with Gasteiger partial charge in [0.15, 0.2) is 6.61 Å². The molecule has 0 aliphatic rings. The highest BCUT2D eigenvalue weighted by molar-refractivity contribution is 9.10. The molecule has 0 spiro atoms. The third-order valence-corrected chi connectivity index (χ3v) is 3.00.